The van der Waals surface area contributed by atoms with Crippen molar-refractivity contribution in [3.05, 3.63) is 65.5 Å². The molecule has 6 nitrogen and oxygen atoms in total. The molecule has 7 heteroatoms. The number of carbonyl (C=O) groups is 2. The Morgan fingerprint density at radius 3 is 2.74 bits per heavy atom. The lowest BCUT2D eigenvalue weighted by Crippen LogP contribution is -2.44. The Balaban J connectivity index is 1.37. The van der Waals surface area contributed by atoms with Crippen molar-refractivity contribution >= 4 is 28.3 Å². The number of thiazole rings is 1. The Kier molecular flexibility index (Phi) is 6.62. The molecule has 31 heavy (non-hydrogen) atoms. The maximum Gasteiger partial charge on any atom is 0.231 e. The molecule has 0 aliphatic carbocycles. The molecule has 1 unspecified atom stereocenters. The quantitative estimate of drug-likeness (QED) is 0.629. The number of piperidine rings is 1. The lowest BCUT2D eigenvalue weighted by atomic mass is 9.96. The first-order valence-corrected chi connectivity index (χ1v) is 11.2. The maximum absolute atomic E-state index is 12.9. The lowest BCUT2D eigenvalue weighted by molar-refractivity contribution is -0.133. The van der Waals surface area contributed by atoms with Crippen LogP contribution in [-0.2, 0) is 16.0 Å². The zero-order valence-corrected chi connectivity index (χ0v) is 18.2. The van der Waals surface area contributed by atoms with Gasteiger partial charge in [0.1, 0.15) is 5.75 Å². The fraction of sp³-hybridized carbons (Fsp3) is 0.292. The van der Waals surface area contributed by atoms with Crippen LogP contribution in [-0.4, -0.2) is 41.9 Å². The van der Waals surface area contributed by atoms with E-state index in [0.717, 1.165) is 35.4 Å². The number of carbonyl (C=O) groups excluding carboxylic acids is 2. The smallest absolute Gasteiger partial charge is 0.231 e. The first-order valence-electron chi connectivity index (χ1n) is 10.4. The Morgan fingerprint density at radius 2 is 1.94 bits per heavy atom. The minimum atomic E-state index is -0.230. The first-order chi connectivity index (χ1) is 15.1. The number of anilines is 1. The average Bonchev–Trinajstić information content (AvgIpc) is 3.28. The van der Waals surface area contributed by atoms with Crippen LogP contribution >= 0.6 is 11.3 Å². The van der Waals surface area contributed by atoms with Gasteiger partial charge >= 0.3 is 0 Å². The van der Waals surface area contributed by atoms with Crippen LogP contribution < -0.4 is 10.1 Å². The summed E-state index contributed by atoms with van der Waals surface area (Å²) in [6.07, 6.45) is 1.96. The van der Waals surface area contributed by atoms with Crippen molar-refractivity contribution in [2.24, 2.45) is 5.92 Å². The van der Waals surface area contributed by atoms with Gasteiger partial charge in [-0.1, -0.05) is 42.5 Å². The van der Waals surface area contributed by atoms with E-state index in [1.807, 2.05) is 64.9 Å². The number of amides is 2. The molecule has 3 aromatic rings. The number of nitrogens with zero attached hydrogens (tertiary/aromatic N) is 2. The third-order valence-corrected chi connectivity index (χ3v) is 6.22. The predicted octanol–water partition coefficient (Wildman–Crippen LogP) is 4.24. The van der Waals surface area contributed by atoms with E-state index in [1.54, 1.807) is 7.11 Å². The molecule has 1 N–H and O–H groups in total. The summed E-state index contributed by atoms with van der Waals surface area (Å²) in [4.78, 5) is 31.9. The van der Waals surface area contributed by atoms with Gasteiger partial charge in [0.25, 0.3) is 0 Å². The van der Waals surface area contributed by atoms with Gasteiger partial charge in [0.2, 0.25) is 11.8 Å². The van der Waals surface area contributed by atoms with E-state index in [4.69, 9.17) is 4.74 Å². The number of hydrogen-bond donors (Lipinski definition) is 1. The average molecular weight is 436 g/mol. The molecule has 0 spiro atoms. The summed E-state index contributed by atoms with van der Waals surface area (Å²) in [6, 6.07) is 17.4. The van der Waals surface area contributed by atoms with E-state index in [0.29, 0.717) is 24.6 Å². The normalized spacial score (nSPS) is 16.0. The van der Waals surface area contributed by atoms with E-state index in [9.17, 15) is 9.59 Å². The van der Waals surface area contributed by atoms with Crippen LogP contribution in [0.3, 0.4) is 0 Å². The van der Waals surface area contributed by atoms with Crippen LogP contribution in [0, 0.1) is 5.92 Å². The van der Waals surface area contributed by atoms with Crippen molar-refractivity contribution in [2.75, 3.05) is 25.5 Å². The molecule has 1 fully saturated rings. The second-order valence-corrected chi connectivity index (χ2v) is 8.43. The van der Waals surface area contributed by atoms with Crippen molar-refractivity contribution in [2.45, 2.75) is 19.3 Å². The van der Waals surface area contributed by atoms with Crippen LogP contribution in [0.2, 0.25) is 0 Å². The Labute approximate surface area is 185 Å². The summed E-state index contributed by atoms with van der Waals surface area (Å²) < 4.78 is 5.40. The molecule has 2 amide bonds. The van der Waals surface area contributed by atoms with Gasteiger partial charge in [0, 0.05) is 24.0 Å². The summed E-state index contributed by atoms with van der Waals surface area (Å²) in [7, 11) is 1.63. The van der Waals surface area contributed by atoms with Gasteiger partial charge in [-0.3, -0.25) is 9.59 Å². The summed E-state index contributed by atoms with van der Waals surface area (Å²) in [5, 5.41) is 5.40. The lowest BCUT2D eigenvalue weighted by Gasteiger charge is -2.32. The van der Waals surface area contributed by atoms with Gasteiger partial charge in [-0.15, -0.1) is 11.3 Å². The molecule has 2 heterocycles. The van der Waals surface area contributed by atoms with E-state index in [2.05, 4.69) is 10.3 Å². The molecule has 1 atom stereocenters. The molecule has 1 saturated heterocycles. The number of para-hydroxylation sites is 1. The number of benzene rings is 2. The molecule has 160 valence electrons. The minimum absolute atomic E-state index is 0.0661. The zero-order chi connectivity index (χ0) is 21.6. The topological polar surface area (TPSA) is 71.5 Å². The Hall–Kier alpha value is -3.19. The molecule has 1 aromatic heterocycles. The summed E-state index contributed by atoms with van der Waals surface area (Å²) in [6.45, 7) is 1.15. The summed E-state index contributed by atoms with van der Waals surface area (Å²) >= 11 is 1.39. The van der Waals surface area contributed by atoms with Gasteiger partial charge in [0.15, 0.2) is 5.13 Å². The monoisotopic (exact) mass is 435 g/mol. The molecule has 1 aliphatic rings. The third kappa shape index (κ3) is 5.11. The van der Waals surface area contributed by atoms with Crippen molar-refractivity contribution in [3.8, 4) is 17.0 Å². The van der Waals surface area contributed by atoms with E-state index in [-0.39, 0.29) is 17.7 Å². The van der Waals surface area contributed by atoms with Gasteiger partial charge in [-0.25, -0.2) is 4.98 Å². The highest BCUT2D eigenvalue weighted by Gasteiger charge is 2.29. The van der Waals surface area contributed by atoms with Crippen LogP contribution in [0.15, 0.2) is 60.0 Å². The van der Waals surface area contributed by atoms with E-state index >= 15 is 0 Å². The largest absolute Gasteiger partial charge is 0.496 e. The van der Waals surface area contributed by atoms with Crippen LogP contribution in [0.1, 0.15) is 18.4 Å². The predicted molar refractivity (Wildman–Crippen MR) is 122 cm³/mol. The fourth-order valence-corrected chi connectivity index (χ4v) is 4.53. The Bertz CT molecular complexity index is 1050. The standard InChI is InChI=1S/C24H25N3O3S/c1-30-21-12-6-5-11-19(21)20-16-31-24(25-20)26-23(29)18-10-7-13-27(15-18)22(28)14-17-8-3-2-4-9-17/h2-6,8-9,11-12,16,18H,7,10,13-15H2,1H3,(H,25,26,29). The van der Waals surface area contributed by atoms with Gasteiger partial charge < -0.3 is 15.0 Å². The number of aromatic nitrogens is 1. The van der Waals surface area contributed by atoms with Gasteiger partial charge in [0.05, 0.1) is 25.1 Å². The zero-order valence-electron chi connectivity index (χ0n) is 17.4. The molecule has 2 aromatic carbocycles. The highest BCUT2D eigenvalue weighted by atomic mass is 32.1. The third-order valence-electron chi connectivity index (χ3n) is 5.46. The number of likely N-dealkylation sites (tertiary alicyclic amines) is 1. The first kappa shape index (κ1) is 21.1. The maximum atomic E-state index is 12.9. The molecule has 0 bridgehead atoms. The summed E-state index contributed by atoms with van der Waals surface area (Å²) in [5.41, 5.74) is 2.64. The highest BCUT2D eigenvalue weighted by molar-refractivity contribution is 7.14. The van der Waals surface area contributed by atoms with Crippen LogP contribution in [0.5, 0.6) is 5.75 Å². The molecular formula is C24H25N3O3S. The second kappa shape index (κ2) is 9.75. The minimum Gasteiger partial charge on any atom is -0.496 e. The van der Waals surface area contributed by atoms with E-state index in [1.165, 1.54) is 11.3 Å². The molecule has 4 rings (SSSR count). The highest BCUT2D eigenvalue weighted by Crippen LogP contribution is 2.32. The van der Waals surface area contributed by atoms with Crippen molar-refractivity contribution in [1.82, 2.24) is 9.88 Å². The van der Waals surface area contributed by atoms with E-state index < -0.39 is 0 Å². The van der Waals surface area contributed by atoms with Crippen molar-refractivity contribution in [1.29, 1.82) is 0 Å². The molecule has 0 saturated carbocycles. The molecular weight excluding hydrogens is 410 g/mol. The summed E-state index contributed by atoms with van der Waals surface area (Å²) in [5.74, 6) is 0.493. The van der Waals surface area contributed by atoms with Crippen molar-refractivity contribution in [3.63, 3.8) is 0 Å². The SMILES string of the molecule is COc1ccccc1-c1csc(NC(=O)C2CCCN(C(=O)Cc3ccccc3)C2)n1. The number of nitrogens with one attached hydrogen (secondary N) is 1. The molecule has 1 aliphatic heterocycles. The fourth-order valence-electron chi connectivity index (χ4n) is 3.82. The van der Waals surface area contributed by atoms with Crippen LogP contribution in [0.4, 0.5) is 5.13 Å². The number of ether oxygens (including phenoxy) is 1. The molecule has 0 radical (unpaired) electrons. The van der Waals surface area contributed by atoms with Crippen molar-refractivity contribution < 1.29 is 14.3 Å². The Morgan fingerprint density at radius 1 is 1.16 bits per heavy atom. The number of hydrogen-bond acceptors (Lipinski definition) is 5. The van der Waals surface area contributed by atoms with Gasteiger partial charge in [-0.05, 0) is 30.5 Å². The number of methoxy groups -OCH3 is 1. The van der Waals surface area contributed by atoms with Crippen LogP contribution in [0.25, 0.3) is 11.3 Å². The number of rotatable bonds is 6. The van der Waals surface area contributed by atoms with Gasteiger partial charge in [-0.2, -0.15) is 0 Å². The second-order valence-electron chi connectivity index (χ2n) is 7.57.